The highest BCUT2D eigenvalue weighted by Gasteiger charge is 2.15. The molecule has 59 valence electrons. The first kappa shape index (κ1) is 9.66. The molecule has 0 aliphatic heterocycles. The second-order valence-corrected chi connectivity index (χ2v) is 2.83. The van der Waals surface area contributed by atoms with Crippen LogP contribution in [0.15, 0.2) is 6.08 Å². The van der Waals surface area contributed by atoms with Crippen molar-refractivity contribution in [2.45, 2.75) is 39.0 Å². The van der Waals surface area contributed by atoms with Gasteiger partial charge < -0.3 is 10.5 Å². The summed E-state index contributed by atoms with van der Waals surface area (Å²) in [5.74, 6) is 0. The lowest BCUT2D eigenvalue weighted by Crippen LogP contribution is -2.33. The SMILES string of the molecule is [CH]=CC(C)(C)OC(N)CC. The van der Waals surface area contributed by atoms with E-state index in [4.69, 9.17) is 17.0 Å². The molecule has 1 unspecified atom stereocenters. The van der Waals surface area contributed by atoms with E-state index < -0.39 is 5.60 Å². The highest BCUT2D eigenvalue weighted by atomic mass is 16.5. The van der Waals surface area contributed by atoms with Crippen molar-refractivity contribution in [3.05, 3.63) is 12.7 Å². The fourth-order valence-electron chi connectivity index (χ4n) is 0.513. The van der Waals surface area contributed by atoms with Gasteiger partial charge in [0.1, 0.15) is 6.23 Å². The molecule has 0 amide bonds. The van der Waals surface area contributed by atoms with Crippen LogP contribution in [0, 0.1) is 6.58 Å². The highest BCUT2D eigenvalue weighted by Crippen LogP contribution is 2.11. The number of hydrogen-bond acceptors (Lipinski definition) is 2. The van der Waals surface area contributed by atoms with Crippen LogP contribution in [0.5, 0.6) is 0 Å². The van der Waals surface area contributed by atoms with Crippen LogP contribution in [0.25, 0.3) is 0 Å². The molecule has 0 aromatic rings. The normalized spacial score (nSPS) is 14.8. The van der Waals surface area contributed by atoms with E-state index in [1.807, 2.05) is 20.8 Å². The summed E-state index contributed by atoms with van der Waals surface area (Å²) in [6.07, 6.45) is 2.09. The van der Waals surface area contributed by atoms with Gasteiger partial charge in [-0.15, -0.1) is 0 Å². The lowest BCUT2D eigenvalue weighted by molar-refractivity contribution is -0.0392. The fraction of sp³-hybridized carbons (Fsp3) is 0.750. The van der Waals surface area contributed by atoms with Crippen molar-refractivity contribution in [1.29, 1.82) is 0 Å². The predicted octanol–water partition coefficient (Wildman–Crippen LogP) is 1.47. The minimum Gasteiger partial charge on any atom is -0.354 e. The fourth-order valence-corrected chi connectivity index (χ4v) is 0.513. The zero-order valence-electron chi connectivity index (χ0n) is 6.92. The van der Waals surface area contributed by atoms with Gasteiger partial charge in [0.25, 0.3) is 0 Å². The van der Waals surface area contributed by atoms with Crippen LogP contribution < -0.4 is 5.73 Å². The molecule has 0 aliphatic carbocycles. The third kappa shape index (κ3) is 3.64. The van der Waals surface area contributed by atoms with Gasteiger partial charge in [0.15, 0.2) is 0 Å². The van der Waals surface area contributed by atoms with Crippen molar-refractivity contribution in [1.82, 2.24) is 0 Å². The van der Waals surface area contributed by atoms with Crippen molar-refractivity contribution >= 4 is 0 Å². The van der Waals surface area contributed by atoms with Gasteiger partial charge in [-0.3, -0.25) is 0 Å². The Morgan fingerprint density at radius 2 is 2.20 bits per heavy atom. The Kier molecular flexibility index (Phi) is 3.61. The smallest absolute Gasteiger partial charge is 0.106 e. The molecule has 1 atom stereocenters. The monoisotopic (exact) mass is 142 g/mol. The Balaban J connectivity index is 3.75. The Hall–Kier alpha value is -0.340. The zero-order chi connectivity index (χ0) is 8.20. The molecule has 0 saturated heterocycles. The van der Waals surface area contributed by atoms with Crippen LogP contribution in [0.1, 0.15) is 27.2 Å². The number of rotatable bonds is 4. The van der Waals surface area contributed by atoms with E-state index in [1.54, 1.807) is 0 Å². The van der Waals surface area contributed by atoms with Crippen molar-refractivity contribution in [3.63, 3.8) is 0 Å². The minimum absolute atomic E-state index is 0.213. The summed E-state index contributed by atoms with van der Waals surface area (Å²) in [6.45, 7) is 11.0. The highest BCUT2D eigenvalue weighted by molar-refractivity contribution is 4.87. The summed E-state index contributed by atoms with van der Waals surface area (Å²) in [5, 5.41) is 0. The van der Waals surface area contributed by atoms with Crippen LogP contribution in [-0.2, 0) is 4.74 Å². The molecule has 0 heterocycles. The molecule has 2 nitrogen and oxygen atoms in total. The van der Waals surface area contributed by atoms with Crippen LogP contribution >= 0.6 is 0 Å². The van der Waals surface area contributed by atoms with E-state index in [1.165, 1.54) is 6.08 Å². The van der Waals surface area contributed by atoms with Gasteiger partial charge in [-0.1, -0.05) is 19.6 Å². The molecule has 10 heavy (non-hydrogen) atoms. The molecule has 0 aliphatic rings. The van der Waals surface area contributed by atoms with E-state index in [2.05, 4.69) is 0 Å². The van der Waals surface area contributed by atoms with Crippen LogP contribution in [0.4, 0.5) is 0 Å². The minimum atomic E-state index is -0.407. The summed E-state index contributed by atoms with van der Waals surface area (Å²) in [7, 11) is 0. The molecular formula is C8H16NO. The summed E-state index contributed by atoms with van der Waals surface area (Å²) in [6, 6.07) is 0. The number of nitrogens with two attached hydrogens (primary N) is 1. The van der Waals surface area contributed by atoms with Gasteiger partial charge in [0.2, 0.25) is 0 Å². The van der Waals surface area contributed by atoms with Crippen LogP contribution in [0.3, 0.4) is 0 Å². The molecule has 1 radical (unpaired) electrons. The third-order valence-corrected chi connectivity index (χ3v) is 1.26. The maximum Gasteiger partial charge on any atom is 0.106 e. The molecule has 2 N–H and O–H groups in total. The first-order chi connectivity index (χ1) is 4.52. The Morgan fingerprint density at radius 1 is 1.70 bits per heavy atom. The maximum atomic E-state index is 5.54. The lowest BCUT2D eigenvalue weighted by atomic mass is 10.1. The van der Waals surface area contributed by atoms with Crippen molar-refractivity contribution in [2.75, 3.05) is 0 Å². The molecule has 0 rings (SSSR count). The first-order valence-corrected chi connectivity index (χ1v) is 3.51. The molecule has 0 bridgehead atoms. The largest absolute Gasteiger partial charge is 0.354 e. The second-order valence-electron chi connectivity index (χ2n) is 2.83. The average molecular weight is 142 g/mol. The molecule has 0 saturated carbocycles. The topological polar surface area (TPSA) is 35.2 Å². The van der Waals surface area contributed by atoms with Crippen molar-refractivity contribution < 1.29 is 4.74 Å². The number of ether oxygens (including phenoxy) is 1. The summed E-state index contributed by atoms with van der Waals surface area (Å²) < 4.78 is 5.33. The average Bonchev–Trinajstić information content (AvgIpc) is 1.87. The van der Waals surface area contributed by atoms with Gasteiger partial charge in [0.05, 0.1) is 5.60 Å². The van der Waals surface area contributed by atoms with Gasteiger partial charge in [-0.05, 0) is 20.3 Å². The molecule has 0 aromatic heterocycles. The molecule has 2 heteroatoms. The van der Waals surface area contributed by atoms with Gasteiger partial charge in [0, 0.05) is 0 Å². The van der Waals surface area contributed by atoms with E-state index >= 15 is 0 Å². The first-order valence-electron chi connectivity index (χ1n) is 3.51. The van der Waals surface area contributed by atoms with Gasteiger partial charge >= 0.3 is 0 Å². The standard InChI is InChI=1S/C8H16NO/c1-5-7(9)10-8(3,4)6-2/h2,6-7H,5,9H2,1,3-4H3. The van der Waals surface area contributed by atoms with E-state index in [-0.39, 0.29) is 6.23 Å². The molecular weight excluding hydrogens is 126 g/mol. The van der Waals surface area contributed by atoms with Crippen molar-refractivity contribution in [3.8, 4) is 0 Å². The Labute approximate surface area is 63.1 Å². The lowest BCUT2D eigenvalue weighted by Gasteiger charge is -2.24. The van der Waals surface area contributed by atoms with Gasteiger partial charge in [-0.2, -0.15) is 0 Å². The third-order valence-electron chi connectivity index (χ3n) is 1.26. The number of hydrogen-bond donors (Lipinski definition) is 1. The van der Waals surface area contributed by atoms with Crippen molar-refractivity contribution in [2.24, 2.45) is 5.73 Å². The van der Waals surface area contributed by atoms with Gasteiger partial charge in [-0.25, -0.2) is 0 Å². The summed E-state index contributed by atoms with van der Waals surface area (Å²) in [5.41, 5.74) is 5.13. The van der Waals surface area contributed by atoms with E-state index in [0.29, 0.717) is 0 Å². The van der Waals surface area contributed by atoms with Crippen LogP contribution in [-0.4, -0.2) is 11.8 Å². The molecule has 0 aromatic carbocycles. The quantitative estimate of drug-likeness (QED) is 0.603. The van der Waals surface area contributed by atoms with E-state index in [9.17, 15) is 0 Å². The predicted molar refractivity (Wildman–Crippen MR) is 42.3 cm³/mol. The molecule has 0 spiro atoms. The summed E-state index contributed by atoms with van der Waals surface area (Å²) in [4.78, 5) is 0. The molecule has 0 fully saturated rings. The van der Waals surface area contributed by atoms with E-state index in [0.717, 1.165) is 6.42 Å². The zero-order valence-corrected chi connectivity index (χ0v) is 6.92. The van der Waals surface area contributed by atoms with Crippen LogP contribution in [0.2, 0.25) is 0 Å². The second kappa shape index (κ2) is 3.74. The summed E-state index contributed by atoms with van der Waals surface area (Å²) >= 11 is 0. The Morgan fingerprint density at radius 3 is 2.50 bits per heavy atom. The Bertz CT molecular complexity index is 110. The maximum absolute atomic E-state index is 5.54.